The van der Waals surface area contributed by atoms with Crippen LogP contribution in [0, 0.1) is 5.92 Å². The molecule has 0 radical (unpaired) electrons. The van der Waals surface area contributed by atoms with E-state index in [4.69, 9.17) is 14.5 Å². The number of fused-ring (bicyclic) bond motifs is 1. The Morgan fingerprint density at radius 3 is 2.88 bits per heavy atom. The molecule has 2 aliphatic heterocycles. The van der Waals surface area contributed by atoms with E-state index in [0.717, 1.165) is 61.6 Å². The molecule has 1 aromatic rings. The molecule has 0 spiro atoms. The highest BCUT2D eigenvalue weighted by Gasteiger charge is 2.19. The first-order valence-corrected chi connectivity index (χ1v) is 9.18. The number of nitrogens with zero attached hydrogens (tertiary/aromatic N) is 2. The minimum atomic E-state index is 0.657. The van der Waals surface area contributed by atoms with Gasteiger partial charge in [-0.3, -0.25) is 0 Å². The third-order valence-corrected chi connectivity index (χ3v) is 4.51. The Balaban J connectivity index is 1.70. The fourth-order valence-corrected chi connectivity index (χ4v) is 3.28. The topological polar surface area (TPSA) is 46.1 Å². The Kier molecular flexibility index (Phi) is 5.83. The average molecular weight is 331 g/mol. The molecule has 1 aromatic carbocycles. The summed E-state index contributed by atoms with van der Waals surface area (Å²) in [5.41, 5.74) is 1.15. The minimum Gasteiger partial charge on any atom is -0.490 e. The van der Waals surface area contributed by atoms with Crippen LogP contribution in [-0.2, 0) is 6.54 Å². The van der Waals surface area contributed by atoms with Crippen molar-refractivity contribution in [3.8, 4) is 11.5 Å². The molecule has 2 heterocycles. The highest BCUT2D eigenvalue weighted by Crippen LogP contribution is 2.30. The summed E-state index contributed by atoms with van der Waals surface area (Å²) in [4.78, 5) is 7.24. The molecule has 1 N–H and O–H groups in total. The number of rotatable bonds is 3. The van der Waals surface area contributed by atoms with E-state index in [1.54, 1.807) is 0 Å². The van der Waals surface area contributed by atoms with Crippen LogP contribution in [-0.4, -0.2) is 43.7 Å². The molecule has 1 atom stereocenters. The van der Waals surface area contributed by atoms with E-state index in [1.807, 2.05) is 6.07 Å². The zero-order chi connectivity index (χ0) is 16.8. The predicted molar refractivity (Wildman–Crippen MR) is 96.8 cm³/mol. The average Bonchev–Trinajstić information content (AvgIpc) is 2.83. The van der Waals surface area contributed by atoms with Crippen molar-refractivity contribution < 1.29 is 9.47 Å². The maximum Gasteiger partial charge on any atom is 0.194 e. The van der Waals surface area contributed by atoms with Gasteiger partial charge < -0.3 is 19.7 Å². The Bertz CT molecular complexity index is 574. The van der Waals surface area contributed by atoms with E-state index in [0.29, 0.717) is 13.2 Å². The lowest BCUT2D eigenvalue weighted by Gasteiger charge is -2.33. The summed E-state index contributed by atoms with van der Waals surface area (Å²) in [6.07, 6.45) is 3.49. The summed E-state index contributed by atoms with van der Waals surface area (Å²) >= 11 is 0. The second-order valence-corrected chi connectivity index (χ2v) is 6.70. The van der Waals surface area contributed by atoms with Gasteiger partial charge in [0, 0.05) is 26.1 Å². The summed E-state index contributed by atoms with van der Waals surface area (Å²) in [6.45, 7) is 9.62. The van der Waals surface area contributed by atoms with Gasteiger partial charge in [0.15, 0.2) is 17.5 Å². The van der Waals surface area contributed by atoms with Gasteiger partial charge in [-0.1, -0.05) is 13.0 Å². The van der Waals surface area contributed by atoms with Gasteiger partial charge in [0.2, 0.25) is 0 Å². The van der Waals surface area contributed by atoms with E-state index >= 15 is 0 Å². The normalized spacial score (nSPS) is 21.3. The van der Waals surface area contributed by atoms with Crippen LogP contribution < -0.4 is 14.8 Å². The van der Waals surface area contributed by atoms with E-state index < -0.39 is 0 Å². The molecule has 5 nitrogen and oxygen atoms in total. The van der Waals surface area contributed by atoms with Crippen LogP contribution >= 0.6 is 0 Å². The predicted octanol–water partition coefficient (Wildman–Crippen LogP) is 3.05. The maximum absolute atomic E-state index is 5.77. The first-order valence-electron chi connectivity index (χ1n) is 9.18. The van der Waals surface area contributed by atoms with E-state index in [-0.39, 0.29) is 0 Å². The van der Waals surface area contributed by atoms with Crippen LogP contribution in [0.2, 0.25) is 0 Å². The van der Waals surface area contributed by atoms with Gasteiger partial charge in [-0.25, -0.2) is 4.99 Å². The number of guanidine groups is 1. The molecule has 3 rings (SSSR count). The van der Waals surface area contributed by atoms with E-state index in [2.05, 4.69) is 36.2 Å². The second kappa shape index (κ2) is 8.27. The summed E-state index contributed by atoms with van der Waals surface area (Å²) in [5.74, 6) is 3.45. The highest BCUT2D eigenvalue weighted by atomic mass is 16.5. The lowest BCUT2D eigenvalue weighted by molar-refractivity contribution is 0.266. The van der Waals surface area contributed by atoms with Crippen molar-refractivity contribution in [3.05, 3.63) is 23.8 Å². The summed E-state index contributed by atoms with van der Waals surface area (Å²) < 4.78 is 11.5. The third kappa shape index (κ3) is 4.34. The molecule has 0 amide bonds. The fourth-order valence-electron chi connectivity index (χ4n) is 3.28. The summed E-state index contributed by atoms with van der Waals surface area (Å²) in [7, 11) is 0. The second-order valence-electron chi connectivity index (χ2n) is 6.70. The van der Waals surface area contributed by atoms with Crippen molar-refractivity contribution in [1.29, 1.82) is 0 Å². The molecule has 1 saturated heterocycles. The molecule has 0 bridgehead atoms. The molecule has 24 heavy (non-hydrogen) atoms. The molecule has 2 aliphatic rings. The van der Waals surface area contributed by atoms with Crippen LogP contribution in [0.5, 0.6) is 11.5 Å². The summed E-state index contributed by atoms with van der Waals surface area (Å²) in [5, 5.41) is 3.44. The quantitative estimate of drug-likeness (QED) is 0.683. The first-order chi connectivity index (χ1) is 11.8. The van der Waals surface area contributed by atoms with Crippen LogP contribution in [0.4, 0.5) is 0 Å². The third-order valence-electron chi connectivity index (χ3n) is 4.51. The van der Waals surface area contributed by atoms with Gasteiger partial charge >= 0.3 is 0 Å². The number of likely N-dealkylation sites (tertiary alicyclic amines) is 1. The Morgan fingerprint density at radius 2 is 2.08 bits per heavy atom. The highest BCUT2D eigenvalue weighted by molar-refractivity contribution is 5.80. The lowest BCUT2D eigenvalue weighted by Crippen LogP contribution is -2.46. The van der Waals surface area contributed by atoms with Crippen molar-refractivity contribution >= 4 is 5.96 Å². The maximum atomic E-state index is 5.77. The molecule has 5 heteroatoms. The molecule has 1 fully saturated rings. The monoisotopic (exact) mass is 331 g/mol. The smallest absolute Gasteiger partial charge is 0.194 e. The van der Waals surface area contributed by atoms with Crippen molar-refractivity contribution in [3.63, 3.8) is 0 Å². The summed E-state index contributed by atoms with van der Waals surface area (Å²) in [6, 6.07) is 6.15. The molecular weight excluding hydrogens is 302 g/mol. The van der Waals surface area contributed by atoms with Crippen LogP contribution in [0.1, 0.15) is 38.7 Å². The standard InChI is InChI=1S/C19H29N3O2/c1-3-20-19(22-9-4-6-15(2)14-22)21-13-16-7-8-17-18(12-16)24-11-5-10-23-17/h7-8,12,15H,3-6,9-11,13-14H2,1-2H3,(H,20,21). The number of piperidine rings is 1. The van der Waals surface area contributed by atoms with Gasteiger partial charge in [-0.05, 0) is 43.4 Å². The van der Waals surface area contributed by atoms with Crippen LogP contribution in [0.15, 0.2) is 23.2 Å². The largest absolute Gasteiger partial charge is 0.490 e. The number of hydrogen-bond acceptors (Lipinski definition) is 3. The molecule has 0 aromatic heterocycles. The minimum absolute atomic E-state index is 0.657. The SMILES string of the molecule is CCNC(=NCc1ccc2c(c1)OCCCO2)N1CCCC(C)C1. The van der Waals surface area contributed by atoms with Gasteiger partial charge in [0.25, 0.3) is 0 Å². The molecule has 132 valence electrons. The van der Waals surface area contributed by atoms with E-state index in [1.165, 1.54) is 12.8 Å². The van der Waals surface area contributed by atoms with Gasteiger partial charge in [-0.15, -0.1) is 0 Å². The van der Waals surface area contributed by atoms with Crippen molar-refractivity contribution in [2.24, 2.45) is 10.9 Å². The number of ether oxygens (including phenoxy) is 2. The molecule has 1 unspecified atom stereocenters. The zero-order valence-corrected chi connectivity index (χ0v) is 14.9. The molecule has 0 saturated carbocycles. The fraction of sp³-hybridized carbons (Fsp3) is 0.632. The Labute approximate surface area is 145 Å². The number of nitrogens with one attached hydrogen (secondary N) is 1. The van der Waals surface area contributed by atoms with Crippen molar-refractivity contribution in [2.75, 3.05) is 32.8 Å². The van der Waals surface area contributed by atoms with Crippen molar-refractivity contribution in [2.45, 2.75) is 39.7 Å². The Morgan fingerprint density at radius 1 is 1.25 bits per heavy atom. The Hall–Kier alpha value is -1.91. The number of hydrogen-bond donors (Lipinski definition) is 1. The molecule has 0 aliphatic carbocycles. The van der Waals surface area contributed by atoms with E-state index in [9.17, 15) is 0 Å². The van der Waals surface area contributed by atoms with Gasteiger partial charge in [0.1, 0.15) is 0 Å². The van der Waals surface area contributed by atoms with Crippen molar-refractivity contribution in [1.82, 2.24) is 10.2 Å². The number of aliphatic imine (C=N–C) groups is 1. The zero-order valence-electron chi connectivity index (χ0n) is 14.9. The van der Waals surface area contributed by atoms with Gasteiger partial charge in [-0.2, -0.15) is 0 Å². The number of benzene rings is 1. The lowest BCUT2D eigenvalue weighted by atomic mass is 10.0. The first kappa shape index (κ1) is 16.9. The van der Waals surface area contributed by atoms with Crippen LogP contribution in [0.25, 0.3) is 0 Å². The van der Waals surface area contributed by atoms with Gasteiger partial charge in [0.05, 0.1) is 19.8 Å². The molecular formula is C19H29N3O2. The van der Waals surface area contributed by atoms with Crippen LogP contribution in [0.3, 0.4) is 0 Å².